The maximum atomic E-state index is 13.0. The Morgan fingerprint density at radius 3 is 2.33 bits per heavy atom. The number of rotatable bonds is 7. The maximum absolute atomic E-state index is 13.0. The second-order valence-electron chi connectivity index (χ2n) is 9.49. The van der Waals surface area contributed by atoms with Crippen LogP contribution in [0.25, 0.3) is 28.2 Å². The Labute approximate surface area is 206 Å². The van der Waals surface area contributed by atoms with Crippen LogP contribution in [0.2, 0.25) is 0 Å². The van der Waals surface area contributed by atoms with Crippen LogP contribution in [0.5, 0.6) is 0 Å². The van der Waals surface area contributed by atoms with Gasteiger partial charge in [0.25, 0.3) is 5.91 Å². The van der Waals surface area contributed by atoms with Crippen LogP contribution in [0.15, 0.2) is 60.9 Å². The average Bonchev–Trinajstić information content (AvgIpc) is 3.57. The number of imidazole rings is 1. The number of anilines is 1. The van der Waals surface area contributed by atoms with Crippen LogP contribution in [0, 0.1) is 5.92 Å². The van der Waals surface area contributed by atoms with Crippen molar-refractivity contribution in [2.45, 2.75) is 38.9 Å². The molecule has 2 aromatic heterocycles. The number of benzene rings is 2. The van der Waals surface area contributed by atoms with Gasteiger partial charge in [0.1, 0.15) is 0 Å². The van der Waals surface area contributed by atoms with Gasteiger partial charge in [-0.3, -0.25) is 9.20 Å². The first-order valence-electron chi connectivity index (χ1n) is 11.9. The van der Waals surface area contributed by atoms with E-state index in [1.807, 2.05) is 16.5 Å². The molecule has 0 radical (unpaired) electrons. The Bertz CT molecular complexity index is 1390. The lowest BCUT2D eigenvalue weighted by Crippen LogP contribution is -2.25. The zero-order chi connectivity index (χ0) is 25.4. The Balaban J connectivity index is 1.54. The van der Waals surface area contributed by atoms with E-state index in [2.05, 4.69) is 34.4 Å². The van der Waals surface area contributed by atoms with Crippen molar-refractivity contribution < 1.29 is 18.0 Å². The molecule has 6 nitrogen and oxygen atoms in total. The van der Waals surface area contributed by atoms with E-state index in [0.29, 0.717) is 40.7 Å². The number of hydrogen-bond donors (Lipinski definition) is 2. The second kappa shape index (κ2) is 9.29. The number of hydrogen-bond acceptors (Lipinski definition) is 4. The van der Waals surface area contributed by atoms with Gasteiger partial charge >= 0.3 is 6.18 Å². The molecule has 4 aromatic rings. The molecule has 0 atom stereocenters. The molecule has 0 bridgehead atoms. The number of nitrogens with zero attached hydrogens (tertiary/aromatic N) is 3. The van der Waals surface area contributed by atoms with Gasteiger partial charge in [0.15, 0.2) is 11.5 Å². The zero-order valence-corrected chi connectivity index (χ0v) is 19.9. The van der Waals surface area contributed by atoms with Crippen molar-refractivity contribution in [3.8, 4) is 22.5 Å². The van der Waals surface area contributed by atoms with Gasteiger partial charge in [-0.1, -0.05) is 38.1 Å². The third-order valence-electron chi connectivity index (χ3n) is 6.03. The lowest BCUT2D eigenvalue weighted by Gasteiger charge is -2.13. The molecule has 1 saturated carbocycles. The second-order valence-corrected chi connectivity index (χ2v) is 9.49. The molecule has 2 heterocycles. The fraction of sp³-hybridized carbons (Fsp3) is 0.296. The summed E-state index contributed by atoms with van der Waals surface area (Å²) in [5, 5.41) is 6.30. The number of fused-ring (bicyclic) bond motifs is 1. The minimum atomic E-state index is -4.40. The van der Waals surface area contributed by atoms with Crippen molar-refractivity contribution in [2.24, 2.45) is 5.92 Å². The third-order valence-corrected chi connectivity index (χ3v) is 6.03. The van der Waals surface area contributed by atoms with Crippen LogP contribution in [-0.2, 0) is 6.18 Å². The molecule has 0 saturated heterocycles. The minimum absolute atomic E-state index is 0.0869. The average molecular weight is 494 g/mol. The molecule has 1 aliphatic rings. The predicted molar refractivity (Wildman–Crippen MR) is 133 cm³/mol. The highest BCUT2D eigenvalue weighted by molar-refractivity contribution is 5.95. The van der Waals surface area contributed by atoms with Crippen LogP contribution >= 0.6 is 0 Å². The van der Waals surface area contributed by atoms with E-state index in [0.717, 1.165) is 36.2 Å². The molecule has 1 amide bonds. The lowest BCUT2D eigenvalue weighted by atomic mass is 10.1. The first-order chi connectivity index (χ1) is 17.2. The van der Waals surface area contributed by atoms with E-state index in [1.165, 1.54) is 12.1 Å². The molecule has 1 fully saturated rings. The first-order valence-corrected chi connectivity index (χ1v) is 11.9. The van der Waals surface area contributed by atoms with Crippen molar-refractivity contribution in [1.82, 2.24) is 19.7 Å². The van der Waals surface area contributed by atoms with Crippen LogP contribution in [0.4, 0.5) is 19.0 Å². The minimum Gasteiger partial charge on any atom is -0.367 e. The van der Waals surface area contributed by atoms with Gasteiger partial charge in [-0.15, -0.1) is 0 Å². The summed E-state index contributed by atoms with van der Waals surface area (Å²) in [5.74, 6) is 0.814. The summed E-state index contributed by atoms with van der Waals surface area (Å²) < 4.78 is 41.0. The number of nitrogens with one attached hydrogen (secondary N) is 2. The number of carbonyl (C=O) groups is 1. The van der Waals surface area contributed by atoms with Crippen LogP contribution < -0.4 is 10.6 Å². The number of halogens is 3. The lowest BCUT2D eigenvalue weighted by molar-refractivity contribution is -0.137. The highest BCUT2D eigenvalue weighted by Crippen LogP contribution is 2.32. The summed E-state index contributed by atoms with van der Waals surface area (Å²) in [4.78, 5) is 21.6. The van der Waals surface area contributed by atoms with Gasteiger partial charge < -0.3 is 10.6 Å². The predicted octanol–water partition coefficient (Wildman–Crippen LogP) is 6.04. The monoisotopic (exact) mass is 493 g/mol. The van der Waals surface area contributed by atoms with Gasteiger partial charge in [-0.25, -0.2) is 9.97 Å². The molecule has 36 heavy (non-hydrogen) atoms. The van der Waals surface area contributed by atoms with Gasteiger partial charge in [0.05, 0.1) is 23.1 Å². The SMILES string of the molecule is CC(C)CNc1nc(-c2ccc(C(F)(F)F)cc2)cn2c(-c3ccc(C(=O)NC4CC4)cc3)cnc12. The fourth-order valence-corrected chi connectivity index (χ4v) is 3.88. The van der Waals surface area contributed by atoms with Gasteiger partial charge in [-0.2, -0.15) is 13.2 Å². The Morgan fingerprint density at radius 2 is 1.72 bits per heavy atom. The number of aromatic nitrogens is 3. The number of carbonyl (C=O) groups excluding carboxylic acids is 1. The smallest absolute Gasteiger partial charge is 0.367 e. The summed E-state index contributed by atoms with van der Waals surface area (Å²) in [6.45, 7) is 4.80. The van der Waals surface area contributed by atoms with Crippen molar-refractivity contribution in [2.75, 3.05) is 11.9 Å². The first kappa shape index (κ1) is 23.8. The summed E-state index contributed by atoms with van der Waals surface area (Å²) >= 11 is 0. The zero-order valence-electron chi connectivity index (χ0n) is 19.9. The summed E-state index contributed by atoms with van der Waals surface area (Å²) in [7, 11) is 0. The van der Waals surface area contributed by atoms with Crippen molar-refractivity contribution in [1.29, 1.82) is 0 Å². The summed E-state index contributed by atoms with van der Waals surface area (Å²) in [6.07, 6.45) is 1.14. The molecule has 186 valence electrons. The van der Waals surface area contributed by atoms with E-state index in [-0.39, 0.29) is 11.9 Å². The summed E-state index contributed by atoms with van der Waals surface area (Å²) in [6, 6.07) is 12.5. The quantitative estimate of drug-likeness (QED) is 0.329. The van der Waals surface area contributed by atoms with Crippen LogP contribution in [0.1, 0.15) is 42.6 Å². The molecular weight excluding hydrogens is 467 g/mol. The Hall–Kier alpha value is -3.88. The normalized spacial score (nSPS) is 13.8. The fourth-order valence-electron chi connectivity index (χ4n) is 3.88. The standard InChI is InChI=1S/C27H26F3N5O/c1-16(2)13-31-24-25-32-14-23(18-3-5-19(6-4-18)26(36)33-21-11-12-21)35(25)15-22(34-24)17-7-9-20(10-8-17)27(28,29)30/h3-10,14-16,21H,11-13H2,1-2H3,(H,31,34)(H,33,36). The highest BCUT2D eigenvalue weighted by Gasteiger charge is 2.30. The molecule has 2 aromatic carbocycles. The molecule has 0 aliphatic heterocycles. The molecule has 1 aliphatic carbocycles. The van der Waals surface area contributed by atoms with Gasteiger partial charge in [-0.05, 0) is 43.0 Å². The topological polar surface area (TPSA) is 71.3 Å². The molecule has 5 rings (SSSR count). The Morgan fingerprint density at radius 1 is 1.06 bits per heavy atom. The Kier molecular flexibility index (Phi) is 6.15. The highest BCUT2D eigenvalue weighted by atomic mass is 19.4. The molecule has 0 unspecified atom stereocenters. The number of alkyl halides is 3. The molecule has 2 N–H and O–H groups in total. The van der Waals surface area contributed by atoms with E-state index in [4.69, 9.17) is 0 Å². The van der Waals surface area contributed by atoms with Crippen molar-refractivity contribution >= 4 is 17.4 Å². The molecular formula is C27H26F3N5O. The largest absolute Gasteiger partial charge is 0.416 e. The van der Waals surface area contributed by atoms with Crippen molar-refractivity contribution in [3.63, 3.8) is 0 Å². The van der Waals surface area contributed by atoms with E-state index in [1.54, 1.807) is 24.5 Å². The molecule has 0 spiro atoms. The van der Waals surface area contributed by atoms with Gasteiger partial charge in [0.2, 0.25) is 0 Å². The number of amides is 1. The summed E-state index contributed by atoms with van der Waals surface area (Å²) in [5.41, 5.74) is 3.20. The van der Waals surface area contributed by atoms with E-state index < -0.39 is 11.7 Å². The maximum Gasteiger partial charge on any atom is 0.416 e. The van der Waals surface area contributed by atoms with E-state index in [9.17, 15) is 18.0 Å². The van der Waals surface area contributed by atoms with Crippen molar-refractivity contribution in [3.05, 3.63) is 72.1 Å². The van der Waals surface area contributed by atoms with Crippen LogP contribution in [0.3, 0.4) is 0 Å². The molecule has 9 heteroatoms. The van der Waals surface area contributed by atoms with E-state index >= 15 is 0 Å². The third kappa shape index (κ3) is 5.05. The van der Waals surface area contributed by atoms with Crippen LogP contribution in [-0.4, -0.2) is 32.9 Å². The van der Waals surface area contributed by atoms with Gasteiger partial charge in [0, 0.05) is 35.5 Å².